The number of nitrogens with one attached hydrogen (secondary N) is 1. The zero-order valence-corrected chi connectivity index (χ0v) is 21.8. The van der Waals surface area contributed by atoms with Crippen molar-refractivity contribution in [2.45, 2.75) is 50.6 Å². The number of sulfonamides is 1. The van der Waals surface area contributed by atoms with Crippen LogP contribution in [0.15, 0.2) is 21.3 Å². The molecule has 3 aliphatic heterocycles. The number of amides is 2. The van der Waals surface area contributed by atoms with Crippen LogP contribution in [0.25, 0.3) is 6.08 Å². The van der Waals surface area contributed by atoms with Gasteiger partial charge in [-0.25, -0.2) is 8.42 Å². The maximum atomic E-state index is 13.1. The van der Waals surface area contributed by atoms with Gasteiger partial charge in [-0.3, -0.25) is 9.59 Å². The molecule has 3 saturated heterocycles. The van der Waals surface area contributed by atoms with Gasteiger partial charge in [-0.15, -0.1) is 11.3 Å². The molecular formula is C22H31BrN4O4S2. The number of nitrogens with zero attached hydrogens (tertiary/aromatic N) is 3. The molecule has 0 aliphatic carbocycles. The minimum absolute atomic E-state index is 0.0205. The normalized spacial score (nSPS) is 24.9. The Bertz CT molecular complexity index is 990. The fourth-order valence-electron chi connectivity index (χ4n) is 4.89. The summed E-state index contributed by atoms with van der Waals surface area (Å²) in [7, 11) is -3.78. The summed E-state index contributed by atoms with van der Waals surface area (Å²) in [6, 6.07) is 3.04. The van der Waals surface area contributed by atoms with E-state index in [1.807, 2.05) is 17.0 Å². The third kappa shape index (κ3) is 6.66. The van der Waals surface area contributed by atoms with Crippen molar-refractivity contribution in [1.82, 2.24) is 19.4 Å². The summed E-state index contributed by atoms with van der Waals surface area (Å²) < 4.78 is 28.4. The van der Waals surface area contributed by atoms with Gasteiger partial charge in [0.05, 0.1) is 10.3 Å². The minimum atomic E-state index is -3.78. The van der Waals surface area contributed by atoms with E-state index >= 15 is 0 Å². The second kappa shape index (κ2) is 11.0. The smallest absolute Gasteiger partial charge is 0.242 e. The first-order chi connectivity index (χ1) is 15.8. The Morgan fingerprint density at radius 3 is 2.61 bits per heavy atom. The van der Waals surface area contributed by atoms with Crippen LogP contribution in [0.3, 0.4) is 0 Å². The van der Waals surface area contributed by atoms with E-state index in [9.17, 15) is 18.0 Å². The van der Waals surface area contributed by atoms with Crippen LogP contribution >= 0.6 is 27.3 Å². The second-order valence-electron chi connectivity index (χ2n) is 8.95. The first-order valence-corrected chi connectivity index (χ1v) is 14.7. The van der Waals surface area contributed by atoms with Crippen molar-refractivity contribution in [2.24, 2.45) is 0 Å². The lowest BCUT2D eigenvalue weighted by molar-refractivity contribution is -0.143. The number of likely N-dealkylation sites (tertiary alicyclic amines) is 3. The van der Waals surface area contributed by atoms with Gasteiger partial charge in [-0.1, -0.05) is 0 Å². The second-order valence-corrected chi connectivity index (χ2v) is 13.0. The van der Waals surface area contributed by atoms with Crippen LogP contribution in [0.2, 0.25) is 0 Å². The first-order valence-electron chi connectivity index (χ1n) is 11.6. The van der Waals surface area contributed by atoms with Crippen molar-refractivity contribution < 1.29 is 18.0 Å². The molecule has 1 aromatic heterocycles. The Labute approximate surface area is 208 Å². The maximum Gasteiger partial charge on any atom is 0.242 e. The van der Waals surface area contributed by atoms with E-state index in [-0.39, 0.29) is 24.4 Å². The number of hydrogen-bond donors (Lipinski definition) is 1. The highest BCUT2D eigenvalue weighted by Gasteiger charge is 2.36. The predicted octanol–water partition coefficient (Wildman–Crippen LogP) is 2.48. The van der Waals surface area contributed by atoms with E-state index < -0.39 is 16.1 Å². The van der Waals surface area contributed by atoms with Gasteiger partial charge < -0.3 is 14.7 Å². The van der Waals surface area contributed by atoms with Crippen LogP contribution < -0.4 is 4.72 Å². The first kappa shape index (κ1) is 24.8. The fraction of sp³-hybridized carbons (Fsp3) is 0.636. The molecule has 8 nitrogen and oxygen atoms in total. The largest absolute Gasteiger partial charge is 0.337 e. The van der Waals surface area contributed by atoms with Crippen molar-refractivity contribution in [3.63, 3.8) is 0 Å². The molecule has 0 bridgehead atoms. The van der Waals surface area contributed by atoms with Crippen LogP contribution in [0, 0.1) is 0 Å². The number of piperidine rings is 1. The van der Waals surface area contributed by atoms with Crippen molar-refractivity contribution in [2.75, 3.05) is 39.3 Å². The van der Waals surface area contributed by atoms with Crippen molar-refractivity contribution in [3.05, 3.63) is 26.2 Å². The summed E-state index contributed by atoms with van der Waals surface area (Å²) in [6.45, 7) is 4.35. The summed E-state index contributed by atoms with van der Waals surface area (Å²) in [4.78, 5) is 32.7. The molecule has 4 heterocycles. The molecule has 0 unspecified atom stereocenters. The Morgan fingerprint density at radius 1 is 1.12 bits per heavy atom. The number of rotatable bonds is 8. The minimum Gasteiger partial charge on any atom is -0.337 e. The molecule has 1 N–H and O–H groups in total. The third-order valence-corrected chi connectivity index (χ3v) is 9.23. The molecule has 3 aliphatic rings. The monoisotopic (exact) mass is 558 g/mol. The number of thiophene rings is 1. The molecule has 11 heteroatoms. The highest BCUT2D eigenvalue weighted by atomic mass is 79.9. The summed E-state index contributed by atoms with van der Waals surface area (Å²) in [5.74, 6) is -0.350. The molecule has 2 atom stereocenters. The molecular weight excluding hydrogens is 528 g/mol. The molecule has 0 radical (unpaired) electrons. The lowest BCUT2D eigenvalue weighted by Gasteiger charge is -2.34. The average Bonchev–Trinajstić information content (AvgIpc) is 3.52. The molecule has 1 aromatic rings. The zero-order chi connectivity index (χ0) is 23.4. The Morgan fingerprint density at radius 2 is 1.88 bits per heavy atom. The highest BCUT2D eigenvalue weighted by molar-refractivity contribution is 9.11. The lowest BCUT2D eigenvalue weighted by atomic mass is 10.1. The molecule has 0 spiro atoms. The van der Waals surface area contributed by atoms with E-state index in [0.717, 1.165) is 53.1 Å². The number of carbonyl (C=O) groups excluding carboxylic acids is 2. The van der Waals surface area contributed by atoms with Gasteiger partial charge in [0.15, 0.2) is 0 Å². The third-order valence-electron chi connectivity index (χ3n) is 6.53. The molecule has 2 amide bonds. The SMILES string of the molecule is O=C1[C@@H](NS(=O)(=O)C=Cc2ccc(Br)s2)CCCN1CC(=O)N1CCC[C@@H]1CN1CCCC1. The Balaban J connectivity index is 1.33. The molecule has 182 valence electrons. The van der Waals surface area contributed by atoms with Crippen molar-refractivity contribution in [1.29, 1.82) is 0 Å². The number of halogens is 1. The van der Waals surface area contributed by atoms with E-state index in [4.69, 9.17) is 0 Å². The molecule has 0 aromatic carbocycles. The van der Waals surface area contributed by atoms with E-state index in [1.165, 1.54) is 35.2 Å². The van der Waals surface area contributed by atoms with Crippen molar-refractivity contribution in [3.8, 4) is 0 Å². The zero-order valence-electron chi connectivity index (χ0n) is 18.6. The van der Waals surface area contributed by atoms with Crippen LogP contribution in [-0.4, -0.2) is 86.3 Å². The molecule has 3 fully saturated rings. The van der Waals surface area contributed by atoms with E-state index in [2.05, 4.69) is 25.6 Å². The fourth-order valence-corrected chi connectivity index (χ4v) is 7.32. The van der Waals surface area contributed by atoms with Crippen LogP contribution in [0.5, 0.6) is 0 Å². The van der Waals surface area contributed by atoms with Gasteiger partial charge in [0.1, 0.15) is 6.04 Å². The average molecular weight is 560 g/mol. The Kier molecular flexibility index (Phi) is 8.27. The van der Waals surface area contributed by atoms with Gasteiger partial charge in [-0.05, 0) is 85.8 Å². The summed E-state index contributed by atoms with van der Waals surface area (Å²) in [5, 5.41) is 1.09. The molecule has 33 heavy (non-hydrogen) atoms. The molecule has 0 saturated carbocycles. The van der Waals surface area contributed by atoms with E-state index in [0.29, 0.717) is 19.4 Å². The number of carbonyl (C=O) groups is 2. The summed E-state index contributed by atoms with van der Waals surface area (Å²) >= 11 is 4.77. The summed E-state index contributed by atoms with van der Waals surface area (Å²) in [6.07, 6.45) is 7.05. The topological polar surface area (TPSA) is 90.0 Å². The van der Waals surface area contributed by atoms with Gasteiger partial charge >= 0.3 is 0 Å². The van der Waals surface area contributed by atoms with Gasteiger partial charge in [-0.2, -0.15) is 4.72 Å². The van der Waals surface area contributed by atoms with Gasteiger partial charge in [0, 0.05) is 36.0 Å². The summed E-state index contributed by atoms with van der Waals surface area (Å²) in [5.41, 5.74) is 0. The Hall–Kier alpha value is -1.27. The highest BCUT2D eigenvalue weighted by Crippen LogP contribution is 2.24. The van der Waals surface area contributed by atoms with Gasteiger partial charge in [0.2, 0.25) is 21.8 Å². The van der Waals surface area contributed by atoms with Crippen LogP contribution in [0.1, 0.15) is 43.4 Å². The predicted molar refractivity (Wildman–Crippen MR) is 133 cm³/mol. The van der Waals surface area contributed by atoms with Crippen LogP contribution in [0.4, 0.5) is 0 Å². The maximum absolute atomic E-state index is 13.1. The lowest BCUT2D eigenvalue weighted by Crippen LogP contribution is -2.55. The van der Waals surface area contributed by atoms with Crippen LogP contribution in [-0.2, 0) is 19.6 Å². The standard InChI is InChI=1S/C22H31BrN4O4S2/c23-20-8-7-18(32-20)9-14-33(30,31)24-19-6-4-12-26(22(19)29)16-21(28)27-13-3-5-17(27)15-25-10-1-2-11-25/h7-9,14,17,19,24H,1-6,10-13,15-16H2/t17-,19+/m1/s1. The van der Waals surface area contributed by atoms with E-state index in [1.54, 1.807) is 0 Å². The molecule has 4 rings (SSSR count). The van der Waals surface area contributed by atoms with Crippen molar-refractivity contribution >= 4 is 55.2 Å². The number of hydrogen-bond acceptors (Lipinski definition) is 6. The quantitative estimate of drug-likeness (QED) is 0.529. The van der Waals surface area contributed by atoms with Gasteiger partial charge in [0.25, 0.3) is 0 Å².